The summed E-state index contributed by atoms with van der Waals surface area (Å²) in [6, 6.07) is 7.81. The molecule has 84 valence electrons. The molecule has 1 heterocycles. The van der Waals surface area contributed by atoms with Crippen LogP contribution in [0.4, 0.5) is 0 Å². The van der Waals surface area contributed by atoms with Crippen molar-refractivity contribution in [1.29, 1.82) is 0 Å². The number of aromatic nitrogens is 1. The molecule has 1 atom stereocenters. The normalized spacial score (nSPS) is 12.7. The first-order valence-corrected chi connectivity index (χ1v) is 5.34. The van der Waals surface area contributed by atoms with E-state index >= 15 is 0 Å². The number of benzene rings is 1. The summed E-state index contributed by atoms with van der Waals surface area (Å²) >= 11 is 6.06. The van der Waals surface area contributed by atoms with Crippen LogP contribution in [0.2, 0.25) is 0 Å². The molecule has 0 radical (unpaired) electrons. The van der Waals surface area contributed by atoms with Crippen LogP contribution in [-0.4, -0.2) is 17.6 Å². The van der Waals surface area contributed by atoms with Gasteiger partial charge in [-0.15, -0.1) is 11.6 Å². The number of hydrogen-bond acceptors (Lipinski definition) is 2. The van der Waals surface area contributed by atoms with E-state index < -0.39 is 11.3 Å². The zero-order valence-corrected chi connectivity index (χ0v) is 9.86. The van der Waals surface area contributed by atoms with E-state index in [0.29, 0.717) is 0 Å². The molecule has 0 bridgehead atoms. The van der Waals surface area contributed by atoms with Gasteiger partial charge < -0.3 is 9.30 Å². The lowest BCUT2D eigenvalue weighted by atomic mass is 10.1. The summed E-state index contributed by atoms with van der Waals surface area (Å²) in [5, 5.41) is 0.228. The molecule has 0 aliphatic rings. The summed E-state index contributed by atoms with van der Waals surface area (Å²) in [7, 11) is 3.26. The molecule has 0 aliphatic heterocycles. The third-order valence-electron chi connectivity index (χ3n) is 2.61. The maximum atomic E-state index is 11.4. The molecule has 1 aromatic carbocycles. The molecule has 2 rings (SSSR count). The number of carbonyl (C=O) groups is 1. The molecule has 4 heteroatoms. The van der Waals surface area contributed by atoms with Crippen molar-refractivity contribution >= 4 is 28.5 Å². The Morgan fingerprint density at radius 1 is 1.44 bits per heavy atom. The summed E-state index contributed by atoms with van der Waals surface area (Å²) in [5.74, 6) is -0.432. The lowest BCUT2D eigenvalue weighted by Gasteiger charge is -2.05. The number of rotatable bonds is 2. The molecule has 1 aromatic heterocycles. The van der Waals surface area contributed by atoms with Crippen LogP contribution in [-0.2, 0) is 16.6 Å². The van der Waals surface area contributed by atoms with E-state index in [4.69, 9.17) is 11.6 Å². The van der Waals surface area contributed by atoms with E-state index in [1.165, 1.54) is 7.11 Å². The number of methoxy groups -OCH3 is 1. The molecule has 0 aliphatic carbocycles. The predicted octanol–water partition coefficient (Wildman–Crippen LogP) is 2.63. The molecule has 0 saturated carbocycles. The standard InChI is InChI=1S/C12H12ClNO2/c1-14-7-9(11(13)12(15)16-2)8-5-3-4-6-10(8)14/h3-7,11H,1-2H3. The van der Waals surface area contributed by atoms with Crippen LogP contribution in [0.15, 0.2) is 30.5 Å². The second-order valence-electron chi connectivity index (χ2n) is 3.60. The van der Waals surface area contributed by atoms with Crippen molar-refractivity contribution in [2.24, 2.45) is 7.05 Å². The highest BCUT2D eigenvalue weighted by molar-refractivity contribution is 6.30. The molecule has 0 amide bonds. The Hall–Kier alpha value is -1.48. The molecular formula is C12H12ClNO2. The quantitative estimate of drug-likeness (QED) is 0.594. The van der Waals surface area contributed by atoms with Crippen LogP contribution >= 0.6 is 11.6 Å². The lowest BCUT2D eigenvalue weighted by Crippen LogP contribution is -2.08. The fourth-order valence-corrected chi connectivity index (χ4v) is 2.07. The average molecular weight is 238 g/mol. The number of hydrogen-bond donors (Lipinski definition) is 0. The van der Waals surface area contributed by atoms with E-state index in [1.54, 1.807) is 0 Å². The van der Waals surface area contributed by atoms with Gasteiger partial charge in [-0.2, -0.15) is 0 Å². The van der Waals surface area contributed by atoms with Gasteiger partial charge in [-0.1, -0.05) is 18.2 Å². The summed E-state index contributed by atoms with van der Waals surface area (Å²) in [4.78, 5) is 11.4. The summed E-state index contributed by atoms with van der Waals surface area (Å²) in [6.07, 6.45) is 1.86. The SMILES string of the molecule is COC(=O)C(Cl)c1cn(C)c2ccccc12. The first-order valence-electron chi connectivity index (χ1n) is 4.91. The highest BCUT2D eigenvalue weighted by atomic mass is 35.5. The number of aryl methyl sites for hydroxylation is 1. The van der Waals surface area contributed by atoms with Gasteiger partial charge >= 0.3 is 5.97 Å². The van der Waals surface area contributed by atoms with Gasteiger partial charge in [0.2, 0.25) is 0 Å². The molecule has 1 unspecified atom stereocenters. The van der Waals surface area contributed by atoms with Gasteiger partial charge in [0.15, 0.2) is 5.38 Å². The first-order chi connectivity index (χ1) is 7.65. The van der Waals surface area contributed by atoms with Crippen molar-refractivity contribution in [3.05, 3.63) is 36.0 Å². The minimum Gasteiger partial charge on any atom is -0.468 e. The number of para-hydroxylation sites is 1. The largest absolute Gasteiger partial charge is 0.468 e. The zero-order valence-electron chi connectivity index (χ0n) is 9.11. The third kappa shape index (κ3) is 1.67. The maximum absolute atomic E-state index is 11.4. The van der Waals surface area contributed by atoms with Gasteiger partial charge in [0.1, 0.15) is 0 Å². The van der Waals surface area contributed by atoms with Crippen molar-refractivity contribution < 1.29 is 9.53 Å². The highest BCUT2D eigenvalue weighted by Gasteiger charge is 2.22. The van der Waals surface area contributed by atoms with Gasteiger partial charge in [0, 0.05) is 29.7 Å². The molecule has 0 spiro atoms. The number of ether oxygens (including phenoxy) is 1. The van der Waals surface area contributed by atoms with Crippen molar-refractivity contribution in [3.8, 4) is 0 Å². The summed E-state index contributed by atoms with van der Waals surface area (Å²) in [5.41, 5.74) is 1.83. The second-order valence-corrected chi connectivity index (χ2v) is 4.03. The number of alkyl halides is 1. The van der Waals surface area contributed by atoms with Crippen LogP contribution in [0, 0.1) is 0 Å². The molecule has 0 saturated heterocycles. The Morgan fingerprint density at radius 2 is 2.12 bits per heavy atom. The van der Waals surface area contributed by atoms with Crippen LogP contribution in [0.1, 0.15) is 10.9 Å². The minimum atomic E-state index is -0.754. The monoisotopic (exact) mass is 237 g/mol. The van der Waals surface area contributed by atoms with E-state index in [0.717, 1.165) is 16.5 Å². The molecular weight excluding hydrogens is 226 g/mol. The first kappa shape index (κ1) is 11.0. The second kappa shape index (κ2) is 4.18. The van der Waals surface area contributed by atoms with Gasteiger partial charge in [-0.25, -0.2) is 0 Å². The Kier molecular flexibility index (Phi) is 2.88. The Balaban J connectivity index is 2.57. The Bertz CT molecular complexity index is 533. The van der Waals surface area contributed by atoms with Crippen LogP contribution in [0.5, 0.6) is 0 Å². The fraction of sp³-hybridized carbons (Fsp3) is 0.250. The molecule has 0 N–H and O–H groups in total. The number of carbonyl (C=O) groups excluding carboxylic acids is 1. The van der Waals surface area contributed by atoms with Gasteiger partial charge in [-0.3, -0.25) is 4.79 Å². The van der Waals surface area contributed by atoms with Crippen molar-refractivity contribution in [2.75, 3.05) is 7.11 Å². The smallest absolute Gasteiger partial charge is 0.328 e. The zero-order chi connectivity index (χ0) is 11.7. The molecule has 2 aromatic rings. The van der Waals surface area contributed by atoms with E-state index in [-0.39, 0.29) is 0 Å². The van der Waals surface area contributed by atoms with Crippen LogP contribution < -0.4 is 0 Å². The molecule has 3 nitrogen and oxygen atoms in total. The predicted molar refractivity (Wildman–Crippen MR) is 63.5 cm³/mol. The Labute approximate surface area is 98.6 Å². The van der Waals surface area contributed by atoms with E-state index in [9.17, 15) is 4.79 Å². The maximum Gasteiger partial charge on any atom is 0.328 e. The summed E-state index contributed by atoms with van der Waals surface area (Å²) < 4.78 is 6.59. The van der Waals surface area contributed by atoms with Gasteiger partial charge in [-0.05, 0) is 6.07 Å². The average Bonchev–Trinajstić information content (AvgIpc) is 2.65. The van der Waals surface area contributed by atoms with Crippen LogP contribution in [0.3, 0.4) is 0 Å². The highest BCUT2D eigenvalue weighted by Crippen LogP contribution is 2.30. The van der Waals surface area contributed by atoms with E-state index in [1.807, 2.05) is 42.1 Å². The van der Waals surface area contributed by atoms with E-state index in [2.05, 4.69) is 4.74 Å². The van der Waals surface area contributed by atoms with Gasteiger partial charge in [0.05, 0.1) is 7.11 Å². The minimum absolute atomic E-state index is 0.432. The number of esters is 1. The van der Waals surface area contributed by atoms with Gasteiger partial charge in [0.25, 0.3) is 0 Å². The summed E-state index contributed by atoms with van der Waals surface area (Å²) in [6.45, 7) is 0. The third-order valence-corrected chi connectivity index (χ3v) is 3.02. The molecule has 0 fully saturated rings. The number of fused-ring (bicyclic) bond motifs is 1. The Morgan fingerprint density at radius 3 is 2.81 bits per heavy atom. The van der Waals surface area contributed by atoms with Crippen molar-refractivity contribution in [2.45, 2.75) is 5.38 Å². The topological polar surface area (TPSA) is 31.2 Å². The number of nitrogens with zero attached hydrogens (tertiary/aromatic N) is 1. The fourth-order valence-electron chi connectivity index (χ4n) is 1.81. The lowest BCUT2D eigenvalue weighted by molar-refractivity contribution is -0.140. The number of halogens is 1. The van der Waals surface area contributed by atoms with Crippen molar-refractivity contribution in [1.82, 2.24) is 4.57 Å². The molecule has 16 heavy (non-hydrogen) atoms. The van der Waals surface area contributed by atoms with Crippen molar-refractivity contribution in [3.63, 3.8) is 0 Å². The van der Waals surface area contributed by atoms with Crippen LogP contribution in [0.25, 0.3) is 10.9 Å².